The van der Waals surface area contributed by atoms with Crippen LogP contribution in [0.15, 0.2) is 36.4 Å². The van der Waals surface area contributed by atoms with Gasteiger partial charge < -0.3 is 15.2 Å². The van der Waals surface area contributed by atoms with Crippen LogP contribution in [0.3, 0.4) is 0 Å². The van der Waals surface area contributed by atoms with Crippen LogP contribution in [-0.4, -0.2) is 23.7 Å². The van der Waals surface area contributed by atoms with Gasteiger partial charge >= 0.3 is 0 Å². The molecule has 5 heteroatoms. The molecule has 4 nitrogen and oxygen atoms in total. The second kappa shape index (κ2) is 5.89. The highest BCUT2D eigenvalue weighted by Gasteiger charge is 2.23. The van der Waals surface area contributed by atoms with Crippen molar-refractivity contribution in [3.8, 4) is 11.5 Å². The standard InChI is InChI=1S/C17H16ClNO3/c1-10-3-2-4-11-7-12(9-22-16(10)11)19-17(21)14-8-13(20)5-6-15(14)18/h2-6,8,12,20H,7,9H2,1H3,(H,19,21). The van der Waals surface area contributed by atoms with E-state index >= 15 is 0 Å². The average molecular weight is 318 g/mol. The number of halogens is 1. The third kappa shape index (κ3) is 2.88. The Morgan fingerprint density at radius 3 is 3.00 bits per heavy atom. The minimum absolute atomic E-state index is 0.00964. The highest BCUT2D eigenvalue weighted by atomic mass is 35.5. The first-order valence-corrected chi connectivity index (χ1v) is 7.43. The molecule has 2 N–H and O–H groups in total. The predicted octanol–water partition coefficient (Wildman–Crippen LogP) is 3.09. The number of amides is 1. The maximum atomic E-state index is 12.3. The van der Waals surface area contributed by atoms with E-state index in [0.29, 0.717) is 18.1 Å². The molecule has 1 atom stereocenters. The Balaban J connectivity index is 1.75. The smallest absolute Gasteiger partial charge is 0.253 e. The van der Waals surface area contributed by atoms with Gasteiger partial charge in [-0.1, -0.05) is 29.8 Å². The SMILES string of the molecule is Cc1cccc2c1OCC(NC(=O)c1cc(O)ccc1Cl)C2. The number of para-hydroxylation sites is 1. The number of benzene rings is 2. The topological polar surface area (TPSA) is 58.6 Å². The Morgan fingerprint density at radius 1 is 1.36 bits per heavy atom. The van der Waals surface area contributed by atoms with E-state index in [1.165, 1.54) is 18.2 Å². The van der Waals surface area contributed by atoms with E-state index in [4.69, 9.17) is 16.3 Å². The number of fused-ring (bicyclic) bond motifs is 1. The molecule has 0 aromatic heterocycles. The van der Waals surface area contributed by atoms with Crippen LogP contribution in [0, 0.1) is 6.92 Å². The second-order valence-electron chi connectivity index (χ2n) is 5.41. The molecule has 1 heterocycles. The molecule has 0 spiro atoms. The van der Waals surface area contributed by atoms with Crippen molar-refractivity contribution in [2.24, 2.45) is 0 Å². The van der Waals surface area contributed by atoms with Gasteiger partial charge in [0.15, 0.2) is 0 Å². The van der Waals surface area contributed by atoms with E-state index < -0.39 is 0 Å². The molecule has 1 aliphatic heterocycles. The Morgan fingerprint density at radius 2 is 2.18 bits per heavy atom. The van der Waals surface area contributed by atoms with E-state index in [2.05, 4.69) is 5.32 Å². The normalized spacial score (nSPS) is 16.5. The highest BCUT2D eigenvalue weighted by molar-refractivity contribution is 6.33. The minimum Gasteiger partial charge on any atom is -0.508 e. The molecule has 1 aliphatic rings. The molecular weight excluding hydrogens is 302 g/mol. The molecule has 0 aliphatic carbocycles. The fourth-order valence-corrected chi connectivity index (χ4v) is 2.84. The van der Waals surface area contributed by atoms with Crippen LogP contribution in [0.1, 0.15) is 21.5 Å². The van der Waals surface area contributed by atoms with Crippen molar-refractivity contribution in [2.75, 3.05) is 6.61 Å². The quantitative estimate of drug-likeness (QED) is 0.895. The van der Waals surface area contributed by atoms with Gasteiger partial charge in [-0.3, -0.25) is 4.79 Å². The number of hydrogen-bond donors (Lipinski definition) is 2. The number of carbonyl (C=O) groups is 1. The van der Waals surface area contributed by atoms with Crippen molar-refractivity contribution < 1.29 is 14.6 Å². The van der Waals surface area contributed by atoms with Gasteiger partial charge in [-0.25, -0.2) is 0 Å². The van der Waals surface area contributed by atoms with E-state index in [9.17, 15) is 9.90 Å². The van der Waals surface area contributed by atoms with E-state index in [1.807, 2.05) is 25.1 Å². The number of aromatic hydroxyl groups is 1. The summed E-state index contributed by atoms with van der Waals surface area (Å²) in [6, 6.07) is 10.2. The van der Waals surface area contributed by atoms with Gasteiger partial charge in [-0.2, -0.15) is 0 Å². The van der Waals surface area contributed by atoms with Crippen molar-refractivity contribution in [1.82, 2.24) is 5.32 Å². The number of ether oxygens (including phenoxy) is 1. The summed E-state index contributed by atoms with van der Waals surface area (Å²) in [5.41, 5.74) is 2.44. The molecule has 0 bridgehead atoms. The molecule has 1 unspecified atom stereocenters. The molecule has 22 heavy (non-hydrogen) atoms. The number of rotatable bonds is 2. The molecule has 2 aromatic rings. The van der Waals surface area contributed by atoms with Gasteiger partial charge in [-0.05, 0) is 42.7 Å². The first kappa shape index (κ1) is 14.7. The number of hydrogen-bond acceptors (Lipinski definition) is 3. The minimum atomic E-state index is -0.314. The first-order valence-electron chi connectivity index (χ1n) is 7.05. The lowest BCUT2D eigenvalue weighted by atomic mass is 10.00. The van der Waals surface area contributed by atoms with E-state index in [-0.39, 0.29) is 23.3 Å². The summed E-state index contributed by atoms with van der Waals surface area (Å²) in [4.78, 5) is 12.3. The lowest BCUT2D eigenvalue weighted by Gasteiger charge is -2.27. The van der Waals surface area contributed by atoms with Gasteiger partial charge in [0.2, 0.25) is 0 Å². The van der Waals surface area contributed by atoms with Crippen molar-refractivity contribution in [3.05, 3.63) is 58.1 Å². The zero-order valence-electron chi connectivity index (χ0n) is 12.1. The molecule has 3 rings (SSSR count). The summed E-state index contributed by atoms with van der Waals surface area (Å²) in [7, 11) is 0. The average Bonchev–Trinajstić information content (AvgIpc) is 2.50. The number of phenolic OH excluding ortho intramolecular Hbond substituents is 1. The summed E-state index contributed by atoms with van der Waals surface area (Å²) in [6.07, 6.45) is 0.708. The number of phenols is 1. The summed E-state index contributed by atoms with van der Waals surface area (Å²) < 4.78 is 5.76. The summed E-state index contributed by atoms with van der Waals surface area (Å²) >= 11 is 6.01. The van der Waals surface area contributed by atoms with Crippen molar-refractivity contribution >= 4 is 17.5 Å². The highest BCUT2D eigenvalue weighted by Crippen LogP contribution is 2.28. The molecule has 0 fully saturated rings. The summed E-state index contributed by atoms with van der Waals surface area (Å²) in [6.45, 7) is 2.42. The van der Waals surface area contributed by atoms with Gasteiger partial charge in [0.05, 0.1) is 16.6 Å². The Bertz CT molecular complexity index is 730. The summed E-state index contributed by atoms with van der Waals surface area (Å²) in [5, 5.41) is 12.7. The number of aryl methyl sites for hydroxylation is 1. The van der Waals surface area contributed by atoms with E-state index in [1.54, 1.807) is 0 Å². The van der Waals surface area contributed by atoms with Crippen molar-refractivity contribution in [1.29, 1.82) is 0 Å². The van der Waals surface area contributed by atoms with Crippen LogP contribution in [0.25, 0.3) is 0 Å². The zero-order valence-corrected chi connectivity index (χ0v) is 12.9. The predicted molar refractivity (Wildman–Crippen MR) is 84.7 cm³/mol. The third-order valence-electron chi connectivity index (χ3n) is 3.72. The molecular formula is C17H16ClNO3. The van der Waals surface area contributed by atoms with Crippen LogP contribution < -0.4 is 10.1 Å². The van der Waals surface area contributed by atoms with Crippen LogP contribution in [0.4, 0.5) is 0 Å². The lowest BCUT2D eigenvalue weighted by Crippen LogP contribution is -2.42. The van der Waals surface area contributed by atoms with Gasteiger partial charge in [-0.15, -0.1) is 0 Å². The first-order chi connectivity index (χ1) is 10.5. The monoisotopic (exact) mass is 317 g/mol. The van der Waals surface area contributed by atoms with Crippen LogP contribution >= 0.6 is 11.6 Å². The molecule has 0 radical (unpaired) electrons. The maximum Gasteiger partial charge on any atom is 0.253 e. The molecule has 2 aromatic carbocycles. The van der Waals surface area contributed by atoms with E-state index in [0.717, 1.165) is 16.9 Å². The largest absolute Gasteiger partial charge is 0.508 e. The van der Waals surface area contributed by atoms with Gasteiger partial charge in [0, 0.05) is 0 Å². The Kier molecular flexibility index (Phi) is 3.94. The molecule has 114 valence electrons. The summed E-state index contributed by atoms with van der Waals surface area (Å²) in [5.74, 6) is 0.601. The third-order valence-corrected chi connectivity index (χ3v) is 4.05. The van der Waals surface area contributed by atoms with Crippen LogP contribution in [0.2, 0.25) is 5.02 Å². The van der Waals surface area contributed by atoms with Crippen molar-refractivity contribution in [3.63, 3.8) is 0 Å². The van der Waals surface area contributed by atoms with Crippen LogP contribution in [0.5, 0.6) is 11.5 Å². The fourth-order valence-electron chi connectivity index (χ4n) is 2.63. The fraction of sp³-hybridized carbons (Fsp3) is 0.235. The van der Waals surface area contributed by atoms with Crippen LogP contribution in [-0.2, 0) is 6.42 Å². The zero-order chi connectivity index (χ0) is 15.7. The second-order valence-corrected chi connectivity index (χ2v) is 5.82. The molecule has 0 saturated heterocycles. The lowest BCUT2D eigenvalue weighted by molar-refractivity contribution is 0.0915. The van der Waals surface area contributed by atoms with Gasteiger partial charge in [0.25, 0.3) is 5.91 Å². The molecule has 1 amide bonds. The maximum absolute atomic E-state index is 12.3. The Hall–Kier alpha value is -2.20. The van der Waals surface area contributed by atoms with Gasteiger partial charge in [0.1, 0.15) is 18.1 Å². The number of nitrogens with one attached hydrogen (secondary N) is 1. The Labute approximate surface area is 133 Å². The van der Waals surface area contributed by atoms with Crippen molar-refractivity contribution in [2.45, 2.75) is 19.4 Å². The molecule has 0 saturated carbocycles. The number of carbonyl (C=O) groups excluding carboxylic acids is 1.